The third-order valence-electron chi connectivity index (χ3n) is 2.10. The van der Waals surface area contributed by atoms with E-state index >= 15 is 0 Å². The molecule has 1 nitrogen and oxygen atoms in total. The number of nitrogens with zero attached hydrogens (tertiary/aromatic N) is 1. The summed E-state index contributed by atoms with van der Waals surface area (Å²) in [5, 5.41) is 9.33. The van der Waals surface area contributed by atoms with Crippen molar-refractivity contribution in [3.05, 3.63) is 33.8 Å². The minimum atomic E-state index is 0.435. The Labute approximate surface area is 84.0 Å². The average Bonchev–Trinajstić information content (AvgIpc) is 2.03. The molecule has 68 valence electrons. The fraction of sp³-hybridized carbons (Fsp3) is 0.364. The van der Waals surface area contributed by atoms with Gasteiger partial charge in [0.15, 0.2) is 0 Å². The van der Waals surface area contributed by atoms with Crippen LogP contribution in [0.5, 0.6) is 0 Å². The average molecular weight is 194 g/mol. The van der Waals surface area contributed by atoms with E-state index in [9.17, 15) is 0 Å². The predicted octanol–water partition coefficient (Wildman–Crippen LogP) is 3.64. The first-order valence-corrected chi connectivity index (χ1v) is 4.64. The van der Waals surface area contributed by atoms with E-state index in [1.165, 1.54) is 5.56 Å². The van der Waals surface area contributed by atoms with Gasteiger partial charge in [0.25, 0.3) is 0 Å². The van der Waals surface area contributed by atoms with Crippen LogP contribution in [0.1, 0.15) is 36.5 Å². The second-order valence-electron chi connectivity index (χ2n) is 3.46. The monoisotopic (exact) mass is 193 g/mol. The number of halogens is 1. The lowest BCUT2D eigenvalue weighted by Crippen LogP contribution is -1.93. The Bertz CT molecular complexity index is 361. The van der Waals surface area contributed by atoms with Crippen molar-refractivity contribution in [3.8, 4) is 6.07 Å². The molecule has 0 fully saturated rings. The minimum absolute atomic E-state index is 0.435. The molecule has 0 radical (unpaired) electrons. The molecular weight excluding hydrogens is 182 g/mol. The Hall–Kier alpha value is -1.00. The lowest BCUT2D eigenvalue weighted by Gasteiger charge is -2.10. The predicted molar refractivity (Wildman–Crippen MR) is 55.0 cm³/mol. The second-order valence-corrected chi connectivity index (χ2v) is 3.86. The van der Waals surface area contributed by atoms with Gasteiger partial charge in [-0.2, -0.15) is 5.26 Å². The van der Waals surface area contributed by atoms with Crippen LogP contribution >= 0.6 is 11.6 Å². The van der Waals surface area contributed by atoms with Gasteiger partial charge in [-0.05, 0) is 36.1 Å². The highest BCUT2D eigenvalue weighted by Crippen LogP contribution is 2.25. The molecule has 0 atom stereocenters. The van der Waals surface area contributed by atoms with E-state index in [4.69, 9.17) is 16.9 Å². The molecule has 0 aromatic heterocycles. The smallest absolute Gasteiger partial charge is 0.101 e. The van der Waals surface area contributed by atoms with Crippen molar-refractivity contribution in [2.24, 2.45) is 0 Å². The van der Waals surface area contributed by atoms with Crippen molar-refractivity contribution < 1.29 is 0 Å². The topological polar surface area (TPSA) is 23.8 Å². The number of rotatable bonds is 1. The molecule has 0 unspecified atom stereocenters. The fourth-order valence-corrected chi connectivity index (χ4v) is 1.66. The van der Waals surface area contributed by atoms with Gasteiger partial charge in [0.05, 0.1) is 10.6 Å². The fourth-order valence-electron chi connectivity index (χ4n) is 1.40. The van der Waals surface area contributed by atoms with Gasteiger partial charge >= 0.3 is 0 Å². The molecule has 0 aliphatic heterocycles. The van der Waals surface area contributed by atoms with Crippen LogP contribution in [0.25, 0.3) is 0 Å². The minimum Gasteiger partial charge on any atom is -0.192 e. The number of nitriles is 1. The quantitative estimate of drug-likeness (QED) is 0.668. The molecule has 0 heterocycles. The number of benzene rings is 1. The molecule has 13 heavy (non-hydrogen) atoms. The number of hydrogen-bond acceptors (Lipinski definition) is 1. The van der Waals surface area contributed by atoms with Gasteiger partial charge in [0.1, 0.15) is 6.07 Å². The standard InChI is InChI=1S/C11H12ClN/c1-7(2)10-5-9(6-13)11(12)4-8(10)3/h4-5,7H,1-3H3. The van der Waals surface area contributed by atoms with Crippen molar-refractivity contribution in [3.63, 3.8) is 0 Å². The van der Waals surface area contributed by atoms with Crippen LogP contribution in [0, 0.1) is 18.3 Å². The molecule has 0 aliphatic carbocycles. The highest BCUT2D eigenvalue weighted by molar-refractivity contribution is 6.31. The highest BCUT2D eigenvalue weighted by atomic mass is 35.5. The van der Waals surface area contributed by atoms with Gasteiger partial charge in [0.2, 0.25) is 0 Å². The Kier molecular flexibility index (Phi) is 2.95. The molecule has 0 amide bonds. The Balaban J connectivity index is 3.33. The van der Waals surface area contributed by atoms with Crippen molar-refractivity contribution in [2.45, 2.75) is 26.7 Å². The van der Waals surface area contributed by atoms with E-state index < -0.39 is 0 Å². The van der Waals surface area contributed by atoms with E-state index in [0.717, 1.165) is 5.56 Å². The molecule has 0 saturated carbocycles. The maximum atomic E-state index is 8.78. The van der Waals surface area contributed by atoms with E-state index in [-0.39, 0.29) is 0 Å². The second kappa shape index (κ2) is 3.81. The van der Waals surface area contributed by atoms with Crippen molar-refractivity contribution in [2.75, 3.05) is 0 Å². The van der Waals surface area contributed by atoms with Gasteiger partial charge < -0.3 is 0 Å². The zero-order valence-electron chi connectivity index (χ0n) is 8.06. The molecule has 1 rings (SSSR count). The first-order valence-electron chi connectivity index (χ1n) is 4.26. The molecule has 0 aliphatic rings. The molecule has 0 saturated heterocycles. The van der Waals surface area contributed by atoms with Gasteiger partial charge in [-0.3, -0.25) is 0 Å². The normalized spacial score (nSPS) is 10.2. The SMILES string of the molecule is Cc1cc(Cl)c(C#N)cc1C(C)C. The summed E-state index contributed by atoms with van der Waals surface area (Å²) >= 11 is 5.88. The first kappa shape index (κ1) is 10.1. The summed E-state index contributed by atoms with van der Waals surface area (Å²) in [5.74, 6) is 0.435. The number of aryl methyl sites for hydroxylation is 1. The summed E-state index contributed by atoms with van der Waals surface area (Å²) in [5.41, 5.74) is 2.91. The van der Waals surface area contributed by atoms with Crippen LogP contribution in [-0.2, 0) is 0 Å². The van der Waals surface area contributed by atoms with Crippen LogP contribution in [0.15, 0.2) is 12.1 Å². The van der Waals surface area contributed by atoms with Gasteiger partial charge in [-0.1, -0.05) is 25.4 Å². The molecular formula is C11H12ClN. The third kappa shape index (κ3) is 2.02. The van der Waals surface area contributed by atoms with Crippen molar-refractivity contribution in [1.82, 2.24) is 0 Å². The molecule has 2 heteroatoms. The summed E-state index contributed by atoms with van der Waals surface area (Å²) in [6, 6.07) is 5.82. The summed E-state index contributed by atoms with van der Waals surface area (Å²) < 4.78 is 0. The number of hydrogen-bond donors (Lipinski definition) is 0. The lowest BCUT2D eigenvalue weighted by molar-refractivity contribution is 0.856. The van der Waals surface area contributed by atoms with Crippen LogP contribution in [0.2, 0.25) is 5.02 Å². The van der Waals surface area contributed by atoms with E-state index in [2.05, 4.69) is 19.9 Å². The van der Waals surface area contributed by atoms with Gasteiger partial charge in [-0.25, -0.2) is 0 Å². The van der Waals surface area contributed by atoms with Crippen LogP contribution in [0.4, 0.5) is 0 Å². The van der Waals surface area contributed by atoms with Crippen molar-refractivity contribution >= 4 is 11.6 Å². The first-order chi connectivity index (χ1) is 6.06. The Morgan fingerprint density at radius 1 is 1.38 bits per heavy atom. The maximum absolute atomic E-state index is 8.78. The molecule has 0 N–H and O–H groups in total. The molecule has 1 aromatic rings. The summed E-state index contributed by atoms with van der Waals surface area (Å²) in [4.78, 5) is 0. The van der Waals surface area contributed by atoms with Crippen LogP contribution in [-0.4, -0.2) is 0 Å². The van der Waals surface area contributed by atoms with Crippen molar-refractivity contribution in [1.29, 1.82) is 5.26 Å². The largest absolute Gasteiger partial charge is 0.192 e. The van der Waals surface area contributed by atoms with E-state index in [0.29, 0.717) is 16.5 Å². The van der Waals surface area contributed by atoms with E-state index in [1.807, 2.05) is 19.1 Å². The zero-order valence-corrected chi connectivity index (χ0v) is 8.81. The highest BCUT2D eigenvalue weighted by Gasteiger charge is 2.07. The Morgan fingerprint density at radius 3 is 2.46 bits per heavy atom. The van der Waals surface area contributed by atoms with Crippen LogP contribution < -0.4 is 0 Å². The molecule has 0 bridgehead atoms. The van der Waals surface area contributed by atoms with E-state index in [1.54, 1.807) is 0 Å². The third-order valence-corrected chi connectivity index (χ3v) is 2.41. The van der Waals surface area contributed by atoms with Gasteiger partial charge in [-0.15, -0.1) is 0 Å². The molecule has 0 spiro atoms. The lowest BCUT2D eigenvalue weighted by atomic mass is 9.96. The molecule has 1 aromatic carbocycles. The van der Waals surface area contributed by atoms with Gasteiger partial charge in [0, 0.05) is 0 Å². The zero-order chi connectivity index (χ0) is 10.0. The summed E-state index contributed by atoms with van der Waals surface area (Å²) in [7, 11) is 0. The maximum Gasteiger partial charge on any atom is 0.101 e. The summed E-state index contributed by atoms with van der Waals surface area (Å²) in [6.07, 6.45) is 0. The summed E-state index contributed by atoms with van der Waals surface area (Å²) in [6.45, 7) is 6.23. The Morgan fingerprint density at radius 2 is 2.00 bits per heavy atom. The van der Waals surface area contributed by atoms with Crippen LogP contribution in [0.3, 0.4) is 0 Å².